The van der Waals surface area contributed by atoms with Crippen molar-refractivity contribution in [2.75, 3.05) is 23.8 Å². The maximum Gasteiger partial charge on any atom is 0.258 e. The van der Waals surface area contributed by atoms with E-state index in [1.165, 1.54) is 0 Å². The largest absolute Gasteiger partial charge is 0.356 e. The fourth-order valence-corrected chi connectivity index (χ4v) is 4.86. The van der Waals surface area contributed by atoms with Crippen molar-refractivity contribution in [3.8, 4) is 11.1 Å². The highest BCUT2D eigenvalue weighted by Crippen LogP contribution is 2.34. The summed E-state index contributed by atoms with van der Waals surface area (Å²) in [6.45, 7) is 0.537. The number of amides is 3. The lowest BCUT2D eigenvalue weighted by Crippen LogP contribution is -2.31. The number of para-hydroxylation sites is 1. The monoisotopic (exact) mass is 515 g/mol. The molecule has 0 spiro atoms. The Kier molecular flexibility index (Phi) is 7.64. The number of benzene rings is 4. The van der Waals surface area contributed by atoms with E-state index in [1.54, 1.807) is 48.4 Å². The molecule has 0 aliphatic carbocycles. The molecule has 4 aromatic carbocycles. The Hall–Kier alpha value is -4.97. The highest BCUT2D eigenvalue weighted by atomic mass is 16.2. The van der Waals surface area contributed by atoms with E-state index in [9.17, 15) is 14.4 Å². The molecular formula is C33H29N3O3. The fraction of sp³-hybridized carbons (Fsp3) is 0.121. The number of fused-ring (bicyclic) bond motifs is 1. The summed E-state index contributed by atoms with van der Waals surface area (Å²) in [5.74, 6) is -0.509. The molecule has 0 atom stereocenters. The normalized spacial score (nSPS) is 13.8. The molecule has 0 radical (unpaired) electrons. The molecule has 194 valence electrons. The molecule has 0 aromatic heterocycles. The van der Waals surface area contributed by atoms with Crippen LogP contribution in [0.25, 0.3) is 16.7 Å². The maximum atomic E-state index is 13.6. The summed E-state index contributed by atoms with van der Waals surface area (Å²) in [7, 11) is 1.60. The number of nitrogens with zero attached hydrogens (tertiary/aromatic N) is 1. The lowest BCUT2D eigenvalue weighted by atomic mass is 9.99. The zero-order valence-electron chi connectivity index (χ0n) is 21.7. The van der Waals surface area contributed by atoms with Crippen LogP contribution in [0.15, 0.2) is 109 Å². The van der Waals surface area contributed by atoms with Crippen LogP contribution in [0, 0.1) is 0 Å². The van der Waals surface area contributed by atoms with Gasteiger partial charge in [-0.15, -0.1) is 0 Å². The third kappa shape index (κ3) is 5.65. The predicted octanol–water partition coefficient (Wildman–Crippen LogP) is 6.18. The summed E-state index contributed by atoms with van der Waals surface area (Å²) in [6, 6.07) is 31.9. The van der Waals surface area contributed by atoms with Crippen LogP contribution in [0.5, 0.6) is 0 Å². The second-order valence-electron chi connectivity index (χ2n) is 9.30. The standard InChI is InChI=1S/C33H29N3O3/c1-34-31(37)22-25-12-9-21-36(30-16-8-7-14-28(25)30)33(39)24-17-19-26(20-18-24)35-32(38)29-15-6-5-13-27(29)23-10-3-2-4-11-23/h2-8,10-11,13-20,22H,9,12,21H2,1H3,(H,34,37)(H,35,38)/b25-22+. The molecule has 5 rings (SSSR count). The predicted molar refractivity (Wildman–Crippen MR) is 156 cm³/mol. The Morgan fingerprint density at radius 2 is 1.44 bits per heavy atom. The van der Waals surface area contributed by atoms with Gasteiger partial charge in [0, 0.05) is 42.0 Å². The first-order valence-corrected chi connectivity index (χ1v) is 12.9. The Morgan fingerprint density at radius 1 is 0.769 bits per heavy atom. The summed E-state index contributed by atoms with van der Waals surface area (Å²) in [6.07, 6.45) is 3.04. The molecule has 4 aromatic rings. The second kappa shape index (κ2) is 11.6. The third-order valence-corrected chi connectivity index (χ3v) is 6.81. The van der Waals surface area contributed by atoms with Crippen LogP contribution >= 0.6 is 0 Å². The third-order valence-electron chi connectivity index (χ3n) is 6.81. The molecule has 2 N–H and O–H groups in total. The average molecular weight is 516 g/mol. The van der Waals surface area contributed by atoms with Crippen molar-refractivity contribution in [2.45, 2.75) is 12.8 Å². The summed E-state index contributed by atoms with van der Waals surface area (Å²) in [4.78, 5) is 40.6. The van der Waals surface area contributed by atoms with E-state index >= 15 is 0 Å². The molecule has 39 heavy (non-hydrogen) atoms. The van der Waals surface area contributed by atoms with Gasteiger partial charge in [-0.25, -0.2) is 0 Å². The highest BCUT2D eigenvalue weighted by molar-refractivity contribution is 6.10. The van der Waals surface area contributed by atoms with Crippen LogP contribution in [0.4, 0.5) is 11.4 Å². The van der Waals surface area contributed by atoms with Gasteiger partial charge in [0.15, 0.2) is 0 Å². The first-order chi connectivity index (χ1) is 19.0. The van der Waals surface area contributed by atoms with E-state index in [0.717, 1.165) is 34.4 Å². The minimum atomic E-state index is -0.217. The van der Waals surface area contributed by atoms with Gasteiger partial charge in [0.25, 0.3) is 11.8 Å². The molecule has 1 heterocycles. The van der Waals surface area contributed by atoms with Crippen molar-refractivity contribution < 1.29 is 14.4 Å². The Balaban J connectivity index is 1.36. The van der Waals surface area contributed by atoms with E-state index < -0.39 is 0 Å². The molecule has 0 unspecified atom stereocenters. The molecule has 0 fully saturated rings. The molecule has 6 heteroatoms. The summed E-state index contributed by atoms with van der Waals surface area (Å²) < 4.78 is 0. The molecular weight excluding hydrogens is 486 g/mol. The van der Waals surface area contributed by atoms with Crippen molar-refractivity contribution >= 4 is 34.7 Å². The number of anilines is 2. The van der Waals surface area contributed by atoms with Crippen molar-refractivity contribution in [3.63, 3.8) is 0 Å². The smallest absolute Gasteiger partial charge is 0.258 e. The van der Waals surface area contributed by atoms with Crippen LogP contribution in [0.2, 0.25) is 0 Å². The van der Waals surface area contributed by atoms with E-state index in [2.05, 4.69) is 10.6 Å². The van der Waals surface area contributed by atoms with Crippen molar-refractivity contribution in [2.24, 2.45) is 0 Å². The minimum absolute atomic E-state index is 0.129. The van der Waals surface area contributed by atoms with Gasteiger partial charge < -0.3 is 15.5 Å². The zero-order chi connectivity index (χ0) is 27.2. The summed E-state index contributed by atoms with van der Waals surface area (Å²) >= 11 is 0. The number of hydrogen-bond donors (Lipinski definition) is 2. The minimum Gasteiger partial charge on any atom is -0.356 e. The van der Waals surface area contributed by atoms with E-state index in [4.69, 9.17) is 0 Å². The molecule has 1 aliphatic rings. The lowest BCUT2D eigenvalue weighted by Gasteiger charge is -2.23. The first-order valence-electron chi connectivity index (χ1n) is 12.9. The summed E-state index contributed by atoms with van der Waals surface area (Å²) in [5, 5.41) is 5.60. The van der Waals surface area contributed by atoms with Gasteiger partial charge in [0.2, 0.25) is 5.91 Å². The molecule has 0 saturated carbocycles. The number of rotatable bonds is 5. The Morgan fingerprint density at radius 3 is 2.18 bits per heavy atom. The number of nitrogens with one attached hydrogen (secondary N) is 2. The molecule has 1 aliphatic heterocycles. The van der Waals surface area contributed by atoms with Gasteiger partial charge >= 0.3 is 0 Å². The van der Waals surface area contributed by atoms with E-state index in [0.29, 0.717) is 29.8 Å². The van der Waals surface area contributed by atoms with Gasteiger partial charge in [0.1, 0.15) is 0 Å². The molecule has 6 nitrogen and oxygen atoms in total. The van der Waals surface area contributed by atoms with Crippen molar-refractivity contribution in [1.82, 2.24) is 5.32 Å². The van der Waals surface area contributed by atoms with Gasteiger partial charge in [-0.2, -0.15) is 0 Å². The van der Waals surface area contributed by atoms with Crippen LogP contribution in [-0.2, 0) is 4.79 Å². The zero-order valence-corrected chi connectivity index (χ0v) is 21.7. The van der Waals surface area contributed by atoms with Gasteiger partial charge in [-0.1, -0.05) is 66.7 Å². The van der Waals surface area contributed by atoms with Gasteiger partial charge in [0.05, 0.1) is 5.69 Å². The number of carbonyl (C=O) groups is 3. The van der Waals surface area contributed by atoms with Crippen LogP contribution < -0.4 is 15.5 Å². The van der Waals surface area contributed by atoms with Crippen molar-refractivity contribution in [1.29, 1.82) is 0 Å². The van der Waals surface area contributed by atoms with E-state index in [1.807, 2.05) is 72.8 Å². The van der Waals surface area contributed by atoms with Crippen LogP contribution in [0.3, 0.4) is 0 Å². The van der Waals surface area contributed by atoms with Gasteiger partial charge in [-0.3, -0.25) is 14.4 Å². The topological polar surface area (TPSA) is 78.5 Å². The number of likely N-dealkylation sites (N-methyl/N-ethyl adjacent to an activating group) is 1. The van der Waals surface area contributed by atoms with Crippen LogP contribution in [-0.4, -0.2) is 31.3 Å². The van der Waals surface area contributed by atoms with E-state index in [-0.39, 0.29) is 17.7 Å². The quantitative estimate of drug-likeness (QED) is 0.312. The second-order valence-corrected chi connectivity index (χ2v) is 9.30. The number of hydrogen-bond acceptors (Lipinski definition) is 3. The first kappa shape index (κ1) is 25.7. The number of allylic oxidation sites excluding steroid dienone is 1. The molecule has 3 amide bonds. The SMILES string of the molecule is CNC(=O)/C=C1\CCCN(C(=O)c2ccc(NC(=O)c3ccccc3-c3ccccc3)cc2)c2ccccc21. The highest BCUT2D eigenvalue weighted by Gasteiger charge is 2.24. The Labute approximate surface area is 228 Å². The van der Waals surface area contributed by atoms with Crippen molar-refractivity contribution in [3.05, 3.63) is 126 Å². The fourth-order valence-electron chi connectivity index (χ4n) is 4.86. The van der Waals surface area contributed by atoms with Crippen LogP contribution in [0.1, 0.15) is 39.1 Å². The molecule has 0 bridgehead atoms. The van der Waals surface area contributed by atoms with Gasteiger partial charge in [-0.05, 0) is 65.9 Å². The maximum absolute atomic E-state index is 13.6. The summed E-state index contributed by atoms with van der Waals surface area (Å²) in [5.41, 5.74) is 6.10. The number of carbonyl (C=O) groups excluding carboxylic acids is 3. The average Bonchev–Trinajstić information content (AvgIpc) is 3.17. The lowest BCUT2D eigenvalue weighted by molar-refractivity contribution is -0.116. The Bertz CT molecular complexity index is 1540. The molecule has 0 saturated heterocycles.